The minimum atomic E-state index is 0.0895. The fraction of sp³-hybridized carbons (Fsp3) is 0.583. The van der Waals surface area contributed by atoms with Gasteiger partial charge in [-0.3, -0.25) is 4.79 Å². The van der Waals surface area contributed by atoms with Gasteiger partial charge in [0.05, 0.1) is 34.0 Å². The minimum absolute atomic E-state index is 0.0895. The maximum atomic E-state index is 12.9. The predicted octanol–water partition coefficient (Wildman–Crippen LogP) is 4.46. The first-order valence-corrected chi connectivity index (χ1v) is 11.2. The van der Waals surface area contributed by atoms with Gasteiger partial charge in [-0.05, 0) is 31.4 Å². The molecular weight excluding hydrogens is 412 g/mol. The number of ether oxygens (including phenoxy) is 4. The number of carbonyl (C=O) groups is 1. The zero-order valence-electron chi connectivity index (χ0n) is 19.5. The van der Waals surface area contributed by atoms with E-state index in [1.54, 1.807) is 21.3 Å². The van der Waals surface area contributed by atoms with Crippen LogP contribution in [0.25, 0.3) is 11.3 Å². The van der Waals surface area contributed by atoms with Crippen molar-refractivity contribution in [1.82, 2.24) is 10.1 Å². The molecule has 1 unspecified atom stereocenters. The number of amides is 1. The van der Waals surface area contributed by atoms with Gasteiger partial charge in [0, 0.05) is 31.2 Å². The van der Waals surface area contributed by atoms with E-state index in [0.717, 1.165) is 44.3 Å². The van der Waals surface area contributed by atoms with Crippen LogP contribution < -0.4 is 14.2 Å². The number of hydrogen-bond donors (Lipinski definition) is 0. The van der Waals surface area contributed by atoms with Crippen LogP contribution in [-0.2, 0) is 16.1 Å². The molecule has 32 heavy (non-hydrogen) atoms. The van der Waals surface area contributed by atoms with Gasteiger partial charge >= 0.3 is 0 Å². The van der Waals surface area contributed by atoms with E-state index in [-0.39, 0.29) is 12.0 Å². The molecule has 1 fully saturated rings. The summed E-state index contributed by atoms with van der Waals surface area (Å²) in [5, 5.41) is 4.22. The molecule has 1 aliphatic rings. The van der Waals surface area contributed by atoms with Crippen molar-refractivity contribution in [1.29, 1.82) is 0 Å². The van der Waals surface area contributed by atoms with Gasteiger partial charge < -0.3 is 28.4 Å². The van der Waals surface area contributed by atoms with Gasteiger partial charge in [0.25, 0.3) is 0 Å². The van der Waals surface area contributed by atoms with Gasteiger partial charge in [-0.1, -0.05) is 24.9 Å². The number of unbranched alkanes of at least 4 members (excludes halogenated alkanes) is 2. The highest BCUT2D eigenvalue weighted by molar-refractivity contribution is 5.76. The highest BCUT2D eigenvalue weighted by Crippen LogP contribution is 2.41. The van der Waals surface area contributed by atoms with Crippen molar-refractivity contribution in [3.63, 3.8) is 0 Å². The molecule has 0 spiro atoms. The topological polar surface area (TPSA) is 83.3 Å². The normalized spacial score (nSPS) is 15.6. The van der Waals surface area contributed by atoms with E-state index in [2.05, 4.69) is 12.1 Å². The first-order valence-electron chi connectivity index (χ1n) is 11.2. The molecule has 1 atom stereocenters. The van der Waals surface area contributed by atoms with E-state index in [1.807, 2.05) is 23.1 Å². The molecule has 3 rings (SSSR count). The second-order valence-corrected chi connectivity index (χ2v) is 7.96. The SMILES string of the molecule is CCCCCC(=O)N(Cc1cc(-c2cc(OC)c(OC)c(OC)c2)on1)CC1CCCO1. The molecule has 176 valence electrons. The molecule has 8 nitrogen and oxygen atoms in total. The van der Waals surface area contributed by atoms with Crippen molar-refractivity contribution in [2.24, 2.45) is 0 Å². The molecule has 1 aromatic carbocycles. The summed E-state index contributed by atoms with van der Waals surface area (Å²) in [6.07, 6.45) is 5.68. The molecule has 2 heterocycles. The standard InChI is InChI=1S/C24H34N2O6/c1-5-6-7-10-23(27)26(16-19-9-8-11-31-19)15-18-14-20(32-25-18)17-12-21(28-2)24(30-4)22(13-17)29-3/h12-14,19H,5-11,15-16H2,1-4H3. The van der Waals surface area contributed by atoms with Gasteiger partial charge in [0.15, 0.2) is 17.3 Å². The molecule has 0 N–H and O–H groups in total. The summed E-state index contributed by atoms with van der Waals surface area (Å²) in [6.45, 7) is 3.86. The predicted molar refractivity (Wildman–Crippen MR) is 120 cm³/mol. The van der Waals surface area contributed by atoms with E-state index in [0.29, 0.717) is 48.2 Å². The Kier molecular flexibility index (Phi) is 8.79. The number of aromatic nitrogens is 1. The molecule has 1 amide bonds. The van der Waals surface area contributed by atoms with Crippen LogP contribution in [0.1, 0.15) is 51.1 Å². The zero-order chi connectivity index (χ0) is 22.9. The van der Waals surface area contributed by atoms with Crippen LogP contribution in [0.15, 0.2) is 22.7 Å². The van der Waals surface area contributed by atoms with Crippen molar-refractivity contribution < 1.29 is 28.3 Å². The Morgan fingerprint density at radius 2 is 1.88 bits per heavy atom. The van der Waals surface area contributed by atoms with Gasteiger partial charge in [-0.15, -0.1) is 0 Å². The van der Waals surface area contributed by atoms with Crippen molar-refractivity contribution in [2.75, 3.05) is 34.5 Å². The second-order valence-electron chi connectivity index (χ2n) is 7.96. The van der Waals surface area contributed by atoms with Crippen LogP contribution in [-0.4, -0.2) is 56.5 Å². The Hall–Kier alpha value is -2.74. The third kappa shape index (κ3) is 5.94. The summed E-state index contributed by atoms with van der Waals surface area (Å²) in [5.41, 5.74) is 1.44. The summed E-state index contributed by atoms with van der Waals surface area (Å²) in [5.74, 6) is 2.27. The third-order valence-corrected chi connectivity index (χ3v) is 5.66. The Labute approximate surface area is 189 Å². The maximum Gasteiger partial charge on any atom is 0.223 e. The van der Waals surface area contributed by atoms with Gasteiger partial charge in [0.1, 0.15) is 5.69 Å². The number of rotatable bonds is 12. The van der Waals surface area contributed by atoms with Gasteiger partial charge in [-0.25, -0.2) is 0 Å². The van der Waals surface area contributed by atoms with E-state index in [9.17, 15) is 4.79 Å². The first kappa shape index (κ1) is 23.9. The zero-order valence-corrected chi connectivity index (χ0v) is 19.5. The summed E-state index contributed by atoms with van der Waals surface area (Å²) < 4.78 is 27.6. The quantitative estimate of drug-likeness (QED) is 0.445. The highest BCUT2D eigenvalue weighted by Gasteiger charge is 2.24. The molecule has 2 aromatic rings. The number of benzene rings is 1. The van der Waals surface area contributed by atoms with Crippen molar-refractivity contribution in [3.05, 3.63) is 23.9 Å². The minimum Gasteiger partial charge on any atom is -0.493 e. The van der Waals surface area contributed by atoms with Crippen LogP contribution in [0.2, 0.25) is 0 Å². The van der Waals surface area contributed by atoms with Crippen LogP contribution in [0, 0.1) is 0 Å². The van der Waals surface area contributed by atoms with Crippen molar-refractivity contribution in [2.45, 2.75) is 58.1 Å². The molecule has 1 saturated heterocycles. The van der Waals surface area contributed by atoms with Gasteiger partial charge in [0.2, 0.25) is 11.7 Å². The molecular formula is C24H34N2O6. The fourth-order valence-corrected chi connectivity index (χ4v) is 3.91. The first-order chi connectivity index (χ1) is 15.6. The van der Waals surface area contributed by atoms with Crippen molar-refractivity contribution >= 4 is 5.91 Å². The number of carbonyl (C=O) groups excluding carboxylic acids is 1. The van der Waals surface area contributed by atoms with E-state index in [1.165, 1.54) is 0 Å². The lowest BCUT2D eigenvalue weighted by Gasteiger charge is -2.24. The fourth-order valence-electron chi connectivity index (χ4n) is 3.91. The number of methoxy groups -OCH3 is 3. The highest BCUT2D eigenvalue weighted by atomic mass is 16.5. The Bertz CT molecular complexity index is 850. The summed E-state index contributed by atoms with van der Waals surface area (Å²) in [6, 6.07) is 5.47. The lowest BCUT2D eigenvalue weighted by Crippen LogP contribution is -2.36. The molecule has 0 radical (unpaired) electrons. The molecule has 8 heteroatoms. The van der Waals surface area contributed by atoms with E-state index in [4.69, 9.17) is 23.5 Å². The average molecular weight is 447 g/mol. The Morgan fingerprint density at radius 1 is 1.12 bits per heavy atom. The van der Waals surface area contributed by atoms with Gasteiger partial charge in [-0.2, -0.15) is 0 Å². The molecule has 1 aromatic heterocycles. The van der Waals surface area contributed by atoms with Crippen LogP contribution in [0.3, 0.4) is 0 Å². The third-order valence-electron chi connectivity index (χ3n) is 5.66. The van der Waals surface area contributed by atoms with Crippen LogP contribution in [0.4, 0.5) is 0 Å². The van der Waals surface area contributed by atoms with Crippen LogP contribution >= 0.6 is 0 Å². The summed E-state index contributed by atoms with van der Waals surface area (Å²) in [4.78, 5) is 14.7. The van der Waals surface area contributed by atoms with Crippen LogP contribution in [0.5, 0.6) is 17.2 Å². The molecule has 0 saturated carbocycles. The van der Waals surface area contributed by atoms with Crippen molar-refractivity contribution in [3.8, 4) is 28.6 Å². The molecule has 0 bridgehead atoms. The number of nitrogens with zero attached hydrogens (tertiary/aromatic N) is 2. The lowest BCUT2D eigenvalue weighted by atomic mass is 10.1. The Morgan fingerprint density at radius 3 is 2.47 bits per heavy atom. The maximum absolute atomic E-state index is 12.9. The lowest BCUT2D eigenvalue weighted by molar-refractivity contribution is -0.133. The summed E-state index contributed by atoms with van der Waals surface area (Å²) >= 11 is 0. The smallest absolute Gasteiger partial charge is 0.223 e. The molecule has 0 aliphatic carbocycles. The Balaban J connectivity index is 1.77. The largest absolute Gasteiger partial charge is 0.493 e. The molecule has 1 aliphatic heterocycles. The monoisotopic (exact) mass is 446 g/mol. The summed E-state index contributed by atoms with van der Waals surface area (Å²) in [7, 11) is 4.70. The van der Waals surface area contributed by atoms with E-state index >= 15 is 0 Å². The number of hydrogen-bond acceptors (Lipinski definition) is 7. The van der Waals surface area contributed by atoms with E-state index < -0.39 is 0 Å². The average Bonchev–Trinajstić information content (AvgIpc) is 3.50. The second kappa shape index (κ2) is 11.8.